The topological polar surface area (TPSA) is 108 Å². The third kappa shape index (κ3) is 1.60. The van der Waals surface area contributed by atoms with Gasteiger partial charge in [0.1, 0.15) is 11.6 Å². The second kappa shape index (κ2) is 3.81. The summed E-state index contributed by atoms with van der Waals surface area (Å²) < 4.78 is 3.30. The molecule has 1 atom stereocenters. The highest BCUT2D eigenvalue weighted by molar-refractivity contribution is 6.00. The number of anilines is 1. The van der Waals surface area contributed by atoms with Crippen molar-refractivity contribution in [2.45, 2.75) is 25.8 Å². The molecule has 100 valence electrons. The summed E-state index contributed by atoms with van der Waals surface area (Å²) in [7, 11) is 1.78. The third-order valence-electron chi connectivity index (χ3n) is 3.38. The van der Waals surface area contributed by atoms with Gasteiger partial charge in [0, 0.05) is 13.5 Å². The molecule has 8 nitrogen and oxygen atoms in total. The van der Waals surface area contributed by atoms with Crippen LogP contribution < -0.4 is 11.1 Å². The number of rotatable bonds is 1. The van der Waals surface area contributed by atoms with Gasteiger partial charge in [-0.15, -0.1) is 0 Å². The molecule has 2 aromatic rings. The number of fused-ring (bicyclic) bond motifs is 1. The number of nitrogens with one attached hydrogen (secondary N) is 1. The van der Waals surface area contributed by atoms with Crippen LogP contribution in [-0.4, -0.2) is 31.1 Å². The van der Waals surface area contributed by atoms with Crippen molar-refractivity contribution in [3.05, 3.63) is 5.69 Å². The van der Waals surface area contributed by atoms with E-state index in [2.05, 4.69) is 15.4 Å². The maximum absolute atomic E-state index is 12.0. The van der Waals surface area contributed by atoms with Crippen molar-refractivity contribution < 1.29 is 9.59 Å². The van der Waals surface area contributed by atoms with E-state index in [0.717, 1.165) is 5.69 Å². The molecule has 1 aliphatic rings. The lowest BCUT2D eigenvalue weighted by atomic mass is 10.1. The Hall–Kier alpha value is -2.38. The minimum absolute atomic E-state index is 0.252. The summed E-state index contributed by atoms with van der Waals surface area (Å²) >= 11 is 0. The van der Waals surface area contributed by atoms with Gasteiger partial charge < -0.3 is 5.73 Å². The van der Waals surface area contributed by atoms with Crippen LogP contribution in [0.3, 0.4) is 0 Å². The number of imide groups is 1. The normalized spacial score (nSPS) is 20.0. The molecule has 0 saturated carbocycles. The first-order valence-corrected chi connectivity index (χ1v) is 5.99. The van der Waals surface area contributed by atoms with Crippen molar-refractivity contribution in [1.29, 1.82) is 0 Å². The smallest absolute Gasteiger partial charge is 0.249 e. The molecule has 1 fully saturated rings. The SMILES string of the molecule is Cc1nn(C)c2c1nc(N)n2C1CCC(=O)NC1=O. The molecule has 0 bridgehead atoms. The first-order valence-electron chi connectivity index (χ1n) is 5.99. The van der Waals surface area contributed by atoms with Gasteiger partial charge in [-0.25, -0.2) is 4.98 Å². The van der Waals surface area contributed by atoms with E-state index in [0.29, 0.717) is 24.0 Å². The Morgan fingerprint density at radius 1 is 1.42 bits per heavy atom. The van der Waals surface area contributed by atoms with Gasteiger partial charge in [0.2, 0.25) is 17.8 Å². The molecular weight excluding hydrogens is 248 g/mol. The second-order valence-corrected chi connectivity index (χ2v) is 4.69. The summed E-state index contributed by atoms with van der Waals surface area (Å²) in [6, 6.07) is -0.516. The second-order valence-electron chi connectivity index (χ2n) is 4.69. The van der Waals surface area contributed by atoms with E-state index in [4.69, 9.17) is 5.73 Å². The molecule has 0 aliphatic carbocycles. The number of hydrogen-bond acceptors (Lipinski definition) is 5. The highest BCUT2D eigenvalue weighted by atomic mass is 16.2. The van der Waals surface area contributed by atoms with Crippen molar-refractivity contribution in [1.82, 2.24) is 24.6 Å². The highest BCUT2D eigenvalue weighted by Gasteiger charge is 2.32. The van der Waals surface area contributed by atoms with Gasteiger partial charge in [-0.2, -0.15) is 5.10 Å². The van der Waals surface area contributed by atoms with Crippen LogP contribution in [0.1, 0.15) is 24.6 Å². The molecular formula is C11H14N6O2. The molecule has 1 unspecified atom stereocenters. The number of nitrogens with two attached hydrogens (primary N) is 1. The Morgan fingerprint density at radius 3 is 2.84 bits per heavy atom. The summed E-state index contributed by atoms with van der Waals surface area (Å²) in [6.45, 7) is 1.84. The molecule has 3 N–H and O–H groups in total. The molecule has 1 saturated heterocycles. The average molecular weight is 262 g/mol. The van der Waals surface area contributed by atoms with E-state index in [1.165, 1.54) is 0 Å². The Kier molecular flexibility index (Phi) is 2.34. The molecule has 3 rings (SSSR count). The van der Waals surface area contributed by atoms with Gasteiger partial charge in [0.05, 0.1) is 5.69 Å². The fourth-order valence-electron chi connectivity index (χ4n) is 2.55. The number of piperidine rings is 1. The van der Waals surface area contributed by atoms with Crippen molar-refractivity contribution in [2.75, 3.05) is 5.73 Å². The quantitative estimate of drug-likeness (QED) is 0.682. The van der Waals surface area contributed by atoms with Crippen LogP contribution in [0.15, 0.2) is 0 Å². The lowest BCUT2D eigenvalue weighted by molar-refractivity contribution is -0.135. The third-order valence-corrected chi connectivity index (χ3v) is 3.38. The number of imidazole rings is 1. The molecule has 0 radical (unpaired) electrons. The predicted octanol–water partition coefficient (Wildman–Crippen LogP) is -0.362. The largest absolute Gasteiger partial charge is 0.369 e. The fourth-order valence-corrected chi connectivity index (χ4v) is 2.55. The molecule has 3 heterocycles. The van der Waals surface area contributed by atoms with Gasteiger partial charge in [-0.05, 0) is 13.3 Å². The zero-order valence-electron chi connectivity index (χ0n) is 10.7. The maximum Gasteiger partial charge on any atom is 0.249 e. The number of hydrogen-bond donors (Lipinski definition) is 2. The fraction of sp³-hybridized carbons (Fsp3) is 0.455. The Morgan fingerprint density at radius 2 is 2.16 bits per heavy atom. The Balaban J connectivity index is 2.17. The number of carbonyl (C=O) groups excluding carboxylic acids is 2. The highest BCUT2D eigenvalue weighted by Crippen LogP contribution is 2.28. The Bertz CT molecular complexity index is 698. The lowest BCUT2D eigenvalue weighted by Crippen LogP contribution is -2.42. The maximum atomic E-state index is 12.0. The molecule has 0 spiro atoms. The van der Waals surface area contributed by atoms with Crippen LogP contribution >= 0.6 is 0 Å². The number of carbonyl (C=O) groups is 2. The molecule has 2 aromatic heterocycles. The van der Waals surface area contributed by atoms with Crippen LogP contribution in [-0.2, 0) is 16.6 Å². The summed E-state index contributed by atoms with van der Waals surface area (Å²) in [4.78, 5) is 27.4. The van der Waals surface area contributed by atoms with Crippen LogP contribution in [0.5, 0.6) is 0 Å². The first kappa shape index (κ1) is 11.7. The van der Waals surface area contributed by atoms with Gasteiger partial charge in [-0.1, -0.05) is 0 Å². The number of aryl methyl sites for hydroxylation is 2. The van der Waals surface area contributed by atoms with Gasteiger partial charge in [0.25, 0.3) is 0 Å². The van der Waals surface area contributed by atoms with Gasteiger partial charge >= 0.3 is 0 Å². The van der Waals surface area contributed by atoms with E-state index < -0.39 is 6.04 Å². The number of amides is 2. The minimum Gasteiger partial charge on any atom is -0.369 e. The lowest BCUT2D eigenvalue weighted by Gasteiger charge is -2.23. The number of nitrogens with zero attached hydrogens (tertiary/aromatic N) is 4. The van der Waals surface area contributed by atoms with E-state index in [1.54, 1.807) is 16.3 Å². The number of nitrogen functional groups attached to an aromatic ring is 1. The summed E-state index contributed by atoms with van der Waals surface area (Å²) in [5.74, 6) is -0.334. The first-order chi connectivity index (χ1) is 8.99. The van der Waals surface area contributed by atoms with E-state index in [9.17, 15) is 9.59 Å². The summed E-state index contributed by atoms with van der Waals surface area (Å²) in [6.07, 6.45) is 0.719. The monoisotopic (exact) mass is 262 g/mol. The van der Waals surface area contributed by atoms with E-state index >= 15 is 0 Å². The Labute approximate surface area is 108 Å². The predicted molar refractivity (Wildman–Crippen MR) is 67.1 cm³/mol. The van der Waals surface area contributed by atoms with Gasteiger partial charge in [-0.3, -0.25) is 24.2 Å². The number of aromatic nitrogens is 4. The molecule has 19 heavy (non-hydrogen) atoms. The van der Waals surface area contributed by atoms with Crippen molar-refractivity contribution in [3.63, 3.8) is 0 Å². The molecule has 1 aliphatic heterocycles. The molecule has 0 aromatic carbocycles. The van der Waals surface area contributed by atoms with E-state index in [-0.39, 0.29) is 17.8 Å². The van der Waals surface area contributed by atoms with Crippen LogP contribution in [0.25, 0.3) is 11.2 Å². The molecule has 8 heteroatoms. The van der Waals surface area contributed by atoms with Crippen molar-refractivity contribution >= 4 is 28.9 Å². The van der Waals surface area contributed by atoms with Crippen molar-refractivity contribution in [2.24, 2.45) is 7.05 Å². The zero-order chi connectivity index (χ0) is 13.7. The zero-order valence-corrected chi connectivity index (χ0v) is 10.7. The van der Waals surface area contributed by atoms with E-state index in [1.807, 2.05) is 6.92 Å². The van der Waals surface area contributed by atoms with Gasteiger partial charge in [0.15, 0.2) is 5.65 Å². The average Bonchev–Trinajstić information content (AvgIpc) is 2.79. The standard InChI is InChI=1S/C11H14N6O2/c1-5-8-10(16(2)15-5)17(11(12)14-8)6-3-4-7(18)13-9(6)19/h6H,3-4H2,1-2H3,(H2,12,14)(H,13,18,19). The van der Waals surface area contributed by atoms with Crippen LogP contribution in [0, 0.1) is 6.92 Å². The summed E-state index contributed by atoms with van der Waals surface area (Å²) in [5, 5.41) is 6.59. The van der Waals surface area contributed by atoms with Crippen LogP contribution in [0.2, 0.25) is 0 Å². The molecule has 2 amide bonds. The minimum atomic E-state index is -0.516. The summed E-state index contributed by atoms with van der Waals surface area (Å²) in [5.41, 5.74) is 8.05. The van der Waals surface area contributed by atoms with Crippen LogP contribution in [0.4, 0.5) is 5.95 Å². The van der Waals surface area contributed by atoms with Crippen molar-refractivity contribution in [3.8, 4) is 0 Å².